The van der Waals surface area contributed by atoms with E-state index in [-0.39, 0.29) is 28.3 Å². The lowest BCUT2D eigenvalue weighted by Crippen LogP contribution is -2.40. The number of anilines is 1. The van der Waals surface area contributed by atoms with Crippen molar-refractivity contribution >= 4 is 52.3 Å². The van der Waals surface area contributed by atoms with E-state index in [2.05, 4.69) is 5.32 Å². The fourth-order valence-corrected chi connectivity index (χ4v) is 3.23. The summed E-state index contributed by atoms with van der Waals surface area (Å²) < 4.78 is 10.7. The molecule has 148 valence electrons. The first-order valence-electron chi connectivity index (χ1n) is 8.48. The van der Waals surface area contributed by atoms with E-state index >= 15 is 0 Å². The van der Waals surface area contributed by atoms with Crippen molar-refractivity contribution in [1.82, 2.24) is 4.90 Å². The summed E-state index contributed by atoms with van der Waals surface area (Å²) in [5.74, 6) is -0.251. The van der Waals surface area contributed by atoms with Crippen molar-refractivity contribution in [1.29, 1.82) is 0 Å². The van der Waals surface area contributed by atoms with E-state index in [1.165, 1.54) is 12.1 Å². The monoisotopic (exact) mass is 442 g/mol. The Bertz CT molecular complexity index is 885. The van der Waals surface area contributed by atoms with Crippen molar-refractivity contribution in [3.63, 3.8) is 0 Å². The molecule has 0 saturated carbocycles. The molecule has 0 spiro atoms. The van der Waals surface area contributed by atoms with Gasteiger partial charge in [-0.2, -0.15) is 0 Å². The number of carbonyl (C=O) groups is 2. The zero-order valence-corrected chi connectivity index (χ0v) is 17.0. The van der Waals surface area contributed by atoms with E-state index in [1.54, 1.807) is 29.2 Å². The molecule has 0 aromatic heterocycles. The molecule has 1 fully saturated rings. The van der Waals surface area contributed by atoms with E-state index < -0.39 is 5.91 Å². The SMILES string of the molecule is O=C(COc1cc(Cl)c(Cl)cc1Cl)Nc1cccc(C(=O)N2CCOCC2)c1. The highest BCUT2D eigenvalue weighted by Crippen LogP contribution is 2.33. The average Bonchev–Trinajstić information content (AvgIpc) is 2.70. The second-order valence-electron chi connectivity index (χ2n) is 6.02. The summed E-state index contributed by atoms with van der Waals surface area (Å²) >= 11 is 17.8. The van der Waals surface area contributed by atoms with Gasteiger partial charge in [0, 0.05) is 30.4 Å². The summed E-state index contributed by atoms with van der Waals surface area (Å²) in [5.41, 5.74) is 0.987. The minimum absolute atomic E-state index is 0.0989. The third-order valence-corrected chi connectivity index (χ3v) is 5.04. The molecule has 0 bridgehead atoms. The maximum Gasteiger partial charge on any atom is 0.262 e. The van der Waals surface area contributed by atoms with Crippen LogP contribution in [0, 0.1) is 0 Å². The number of morpholine rings is 1. The third kappa shape index (κ3) is 5.29. The van der Waals surface area contributed by atoms with Crippen LogP contribution in [0.3, 0.4) is 0 Å². The highest BCUT2D eigenvalue weighted by atomic mass is 35.5. The average molecular weight is 444 g/mol. The summed E-state index contributed by atoms with van der Waals surface area (Å²) in [7, 11) is 0. The van der Waals surface area contributed by atoms with Gasteiger partial charge in [0.2, 0.25) is 0 Å². The number of hydrogen-bond acceptors (Lipinski definition) is 4. The van der Waals surface area contributed by atoms with Gasteiger partial charge in [-0.1, -0.05) is 40.9 Å². The van der Waals surface area contributed by atoms with Crippen LogP contribution in [0.25, 0.3) is 0 Å². The molecular formula is C19H17Cl3N2O4. The zero-order valence-electron chi connectivity index (χ0n) is 14.7. The normalized spacial score (nSPS) is 13.9. The molecule has 28 heavy (non-hydrogen) atoms. The molecule has 0 atom stereocenters. The molecule has 6 nitrogen and oxygen atoms in total. The first-order chi connectivity index (χ1) is 13.4. The number of halogens is 3. The van der Waals surface area contributed by atoms with E-state index in [0.717, 1.165) is 0 Å². The number of ether oxygens (including phenoxy) is 2. The summed E-state index contributed by atoms with van der Waals surface area (Å²) in [4.78, 5) is 26.4. The van der Waals surface area contributed by atoms with E-state index in [0.29, 0.717) is 42.6 Å². The van der Waals surface area contributed by atoms with E-state index in [1.807, 2.05) is 0 Å². The van der Waals surface area contributed by atoms with Crippen molar-refractivity contribution in [2.24, 2.45) is 0 Å². The lowest BCUT2D eigenvalue weighted by Gasteiger charge is -2.27. The Morgan fingerprint density at radius 2 is 1.75 bits per heavy atom. The fraction of sp³-hybridized carbons (Fsp3) is 0.263. The largest absolute Gasteiger partial charge is 0.482 e. The second kappa shape index (κ2) is 9.47. The zero-order chi connectivity index (χ0) is 20.1. The third-order valence-electron chi connectivity index (χ3n) is 4.03. The van der Waals surface area contributed by atoms with Gasteiger partial charge in [0.25, 0.3) is 11.8 Å². The minimum Gasteiger partial charge on any atom is -0.482 e. The Hall–Kier alpha value is -1.99. The van der Waals surface area contributed by atoms with Crippen LogP contribution < -0.4 is 10.1 Å². The van der Waals surface area contributed by atoms with Gasteiger partial charge in [0.1, 0.15) is 5.75 Å². The van der Waals surface area contributed by atoms with Gasteiger partial charge in [0.05, 0.1) is 28.3 Å². The van der Waals surface area contributed by atoms with Crippen LogP contribution in [0.4, 0.5) is 5.69 Å². The predicted octanol–water partition coefficient (Wildman–Crippen LogP) is 4.14. The number of benzene rings is 2. The molecule has 0 radical (unpaired) electrons. The topological polar surface area (TPSA) is 67.9 Å². The molecule has 9 heteroatoms. The van der Waals surface area contributed by atoms with Gasteiger partial charge in [-0.05, 0) is 24.3 Å². The van der Waals surface area contributed by atoms with Crippen LogP contribution in [-0.2, 0) is 9.53 Å². The lowest BCUT2D eigenvalue weighted by molar-refractivity contribution is -0.118. The molecule has 2 amide bonds. The number of hydrogen-bond donors (Lipinski definition) is 1. The van der Waals surface area contributed by atoms with Crippen LogP contribution in [0.1, 0.15) is 10.4 Å². The summed E-state index contributed by atoms with van der Waals surface area (Å²) in [6.45, 7) is 1.87. The standard InChI is InChI=1S/C19H17Cl3N2O4/c20-14-9-16(22)17(10-15(14)21)28-11-18(25)23-13-3-1-2-12(8-13)19(26)24-4-6-27-7-5-24/h1-3,8-10H,4-7,11H2,(H,23,25). The highest BCUT2D eigenvalue weighted by molar-refractivity contribution is 6.43. The first kappa shape index (κ1) is 20.7. The van der Waals surface area contributed by atoms with Crippen molar-refractivity contribution in [3.05, 3.63) is 57.0 Å². The van der Waals surface area contributed by atoms with Crippen LogP contribution in [-0.4, -0.2) is 49.6 Å². The second-order valence-corrected chi connectivity index (χ2v) is 7.24. The van der Waals surface area contributed by atoms with Crippen molar-refractivity contribution in [3.8, 4) is 5.75 Å². The van der Waals surface area contributed by atoms with E-state index in [4.69, 9.17) is 44.3 Å². The molecule has 1 aliphatic rings. The molecule has 2 aromatic carbocycles. The summed E-state index contributed by atoms with van der Waals surface area (Å²) in [6.07, 6.45) is 0. The van der Waals surface area contributed by atoms with Crippen molar-refractivity contribution in [2.75, 3.05) is 38.2 Å². The van der Waals surface area contributed by atoms with Crippen LogP contribution >= 0.6 is 34.8 Å². The first-order valence-corrected chi connectivity index (χ1v) is 9.61. The van der Waals surface area contributed by atoms with Crippen LogP contribution in [0.15, 0.2) is 36.4 Å². The Morgan fingerprint density at radius 1 is 1.04 bits per heavy atom. The van der Waals surface area contributed by atoms with Crippen molar-refractivity contribution in [2.45, 2.75) is 0 Å². The number of carbonyl (C=O) groups excluding carboxylic acids is 2. The lowest BCUT2D eigenvalue weighted by atomic mass is 10.1. The number of nitrogens with zero attached hydrogens (tertiary/aromatic N) is 1. The number of amides is 2. The van der Waals surface area contributed by atoms with Crippen LogP contribution in [0.2, 0.25) is 15.1 Å². The van der Waals surface area contributed by atoms with Gasteiger partial charge in [-0.25, -0.2) is 0 Å². The number of nitrogens with one attached hydrogen (secondary N) is 1. The predicted molar refractivity (Wildman–Crippen MR) is 109 cm³/mol. The Kier molecular flexibility index (Phi) is 7.02. The van der Waals surface area contributed by atoms with Gasteiger partial charge < -0.3 is 19.7 Å². The smallest absolute Gasteiger partial charge is 0.262 e. The van der Waals surface area contributed by atoms with Gasteiger partial charge in [0.15, 0.2) is 6.61 Å². The minimum atomic E-state index is -0.405. The van der Waals surface area contributed by atoms with Gasteiger partial charge in [-0.3, -0.25) is 9.59 Å². The fourth-order valence-electron chi connectivity index (χ4n) is 2.63. The van der Waals surface area contributed by atoms with E-state index in [9.17, 15) is 9.59 Å². The highest BCUT2D eigenvalue weighted by Gasteiger charge is 2.19. The summed E-state index contributed by atoms with van der Waals surface area (Å²) in [5, 5.41) is 3.51. The molecule has 1 aliphatic heterocycles. The quantitative estimate of drug-likeness (QED) is 0.705. The molecule has 1 N–H and O–H groups in total. The molecule has 1 heterocycles. The molecule has 3 rings (SSSR count). The van der Waals surface area contributed by atoms with Crippen LogP contribution in [0.5, 0.6) is 5.75 Å². The number of rotatable bonds is 5. The Balaban J connectivity index is 1.60. The molecular weight excluding hydrogens is 427 g/mol. The van der Waals surface area contributed by atoms with Gasteiger partial charge >= 0.3 is 0 Å². The Labute approximate surface area is 177 Å². The Morgan fingerprint density at radius 3 is 2.50 bits per heavy atom. The maximum absolute atomic E-state index is 12.5. The molecule has 0 unspecified atom stereocenters. The molecule has 1 saturated heterocycles. The molecule has 0 aliphatic carbocycles. The maximum atomic E-state index is 12.5. The molecule has 2 aromatic rings. The summed E-state index contributed by atoms with van der Waals surface area (Å²) in [6, 6.07) is 9.63. The van der Waals surface area contributed by atoms with Gasteiger partial charge in [-0.15, -0.1) is 0 Å². The van der Waals surface area contributed by atoms with Crippen molar-refractivity contribution < 1.29 is 19.1 Å².